The smallest absolute Gasteiger partial charge is 0.348 e. The van der Waals surface area contributed by atoms with E-state index in [1.54, 1.807) is 7.05 Å². The molecule has 3 rings (SSSR count). The topological polar surface area (TPSA) is 111 Å². The van der Waals surface area contributed by atoms with Crippen molar-refractivity contribution in [2.75, 3.05) is 13.6 Å². The molecule has 9 heteroatoms. The fourth-order valence-corrected chi connectivity index (χ4v) is 5.15. The highest BCUT2D eigenvalue weighted by atomic mass is 16.6. The number of carbonyl (C=O) groups excluding carboxylic acids is 4. The highest BCUT2D eigenvalue weighted by molar-refractivity contribution is 5.90. The van der Waals surface area contributed by atoms with Crippen LogP contribution >= 0.6 is 0 Å². The minimum atomic E-state index is -1.20. The Morgan fingerprint density at radius 3 is 2.05 bits per heavy atom. The molecular formula is C34H46N2O7. The Morgan fingerprint density at radius 2 is 1.47 bits per heavy atom. The SMILES string of the molecule is CN[C@@H](CC(C)C)C(=O)O[C@@H]1CCCN([C@@H](CC(C)C)C(=O)O[C@H](Cc2ccccc2)C(=O)OCc2ccccc2)C1=O. The second-order valence-electron chi connectivity index (χ2n) is 11.9. The first kappa shape index (κ1) is 33.8. The molecule has 43 heavy (non-hydrogen) atoms. The quantitative estimate of drug-likeness (QED) is 0.238. The van der Waals surface area contributed by atoms with Crippen LogP contribution in [0.2, 0.25) is 0 Å². The average Bonchev–Trinajstić information content (AvgIpc) is 2.99. The van der Waals surface area contributed by atoms with E-state index in [1.807, 2.05) is 88.4 Å². The van der Waals surface area contributed by atoms with Crippen LogP contribution < -0.4 is 5.32 Å². The molecule has 0 unspecified atom stereocenters. The van der Waals surface area contributed by atoms with Crippen LogP contribution in [0.3, 0.4) is 0 Å². The van der Waals surface area contributed by atoms with E-state index in [9.17, 15) is 19.2 Å². The Hall–Kier alpha value is -3.72. The number of nitrogens with zero attached hydrogens (tertiary/aromatic N) is 1. The normalized spacial score (nSPS) is 17.3. The number of nitrogens with one attached hydrogen (secondary N) is 1. The van der Waals surface area contributed by atoms with Gasteiger partial charge in [-0.2, -0.15) is 0 Å². The molecule has 1 fully saturated rings. The van der Waals surface area contributed by atoms with Gasteiger partial charge in [0.2, 0.25) is 6.10 Å². The van der Waals surface area contributed by atoms with E-state index in [4.69, 9.17) is 14.2 Å². The Labute approximate surface area is 255 Å². The van der Waals surface area contributed by atoms with Crippen molar-refractivity contribution in [2.24, 2.45) is 11.8 Å². The summed E-state index contributed by atoms with van der Waals surface area (Å²) in [6.45, 7) is 8.28. The van der Waals surface area contributed by atoms with Crippen molar-refractivity contribution >= 4 is 23.8 Å². The van der Waals surface area contributed by atoms with Gasteiger partial charge < -0.3 is 24.4 Å². The summed E-state index contributed by atoms with van der Waals surface area (Å²) in [4.78, 5) is 55.0. The van der Waals surface area contributed by atoms with E-state index >= 15 is 0 Å². The summed E-state index contributed by atoms with van der Waals surface area (Å²) in [5, 5.41) is 2.97. The Morgan fingerprint density at radius 1 is 0.860 bits per heavy atom. The molecule has 0 aliphatic carbocycles. The first-order chi connectivity index (χ1) is 20.6. The standard InChI is InChI=1S/C34H46N2O7/c1-23(2)19-27(35-5)32(38)42-29-17-12-18-36(31(29)37)28(20-24(3)4)33(39)43-30(21-25-13-8-6-9-14-25)34(40)41-22-26-15-10-7-11-16-26/h6-11,13-16,23-24,27-30,35H,12,17-22H2,1-5H3/t27-,28-,29+,30+/m0/s1. The molecule has 9 nitrogen and oxygen atoms in total. The van der Waals surface area contributed by atoms with Crippen molar-refractivity contribution in [3.8, 4) is 0 Å². The van der Waals surface area contributed by atoms with Gasteiger partial charge in [-0.25, -0.2) is 9.59 Å². The van der Waals surface area contributed by atoms with E-state index in [0.717, 1.165) is 11.1 Å². The van der Waals surface area contributed by atoms with Gasteiger partial charge in [0.25, 0.3) is 5.91 Å². The van der Waals surface area contributed by atoms with Crippen molar-refractivity contribution in [3.63, 3.8) is 0 Å². The number of hydrogen-bond acceptors (Lipinski definition) is 8. The lowest BCUT2D eigenvalue weighted by atomic mass is 9.98. The molecule has 2 aromatic carbocycles. The van der Waals surface area contributed by atoms with Crippen molar-refractivity contribution in [1.29, 1.82) is 0 Å². The third kappa shape index (κ3) is 10.5. The maximum Gasteiger partial charge on any atom is 0.348 e. The highest BCUT2D eigenvalue weighted by Gasteiger charge is 2.41. The zero-order chi connectivity index (χ0) is 31.4. The maximum atomic E-state index is 13.8. The van der Waals surface area contributed by atoms with Gasteiger partial charge in [-0.1, -0.05) is 88.4 Å². The zero-order valence-electron chi connectivity index (χ0n) is 26.0. The van der Waals surface area contributed by atoms with E-state index in [0.29, 0.717) is 32.2 Å². The van der Waals surface area contributed by atoms with Crippen LogP contribution in [0.5, 0.6) is 0 Å². The molecular weight excluding hydrogens is 548 g/mol. The van der Waals surface area contributed by atoms with Gasteiger partial charge in [0, 0.05) is 13.0 Å². The molecule has 0 radical (unpaired) electrons. The number of likely N-dealkylation sites (N-methyl/N-ethyl adjacent to an activating group) is 1. The number of piperidine rings is 1. The molecule has 0 aromatic heterocycles. The molecule has 0 saturated carbocycles. The summed E-state index contributed by atoms with van der Waals surface area (Å²) in [5.41, 5.74) is 1.62. The third-order valence-corrected chi connectivity index (χ3v) is 7.37. The van der Waals surface area contributed by atoms with Gasteiger partial charge in [-0.3, -0.25) is 9.59 Å². The number of esters is 3. The fourth-order valence-electron chi connectivity index (χ4n) is 5.15. The van der Waals surface area contributed by atoms with Gasteiger partial charge in [0.05, 0.1) is 0 Å². The first-order valence-corrected chi connectivity index (χ1v) is 15.2. The van der Waals surface area contributed by atoms with Crippen molar-refractivity contribution < 1.29 is 33.4 Å². The van der Waals surface area contributed by atoms with Gasteiger partial charge in [-0.05, 0) is 55.7 Å². The minimum absolute atomic E-state index is 0.0417. The number of carbonyl (C=O) groups is 4. The summed E-state index contributed by atoms with van der Waals surface area (Å²) in [5.74, 6) is -1.94. The third-order valence-electron chi connectivity index (χ3n) is 7.37. The summed E-state index contributed by atoms with van der Waals surface area (Å²) in [6.07, 6.45) is -0.209. The Kier molecular flexibility index (Phi) is 13.2. The van der Waals surface area contributed by atoms with Gasteiger partial charge in [0.1, 0.15) is 18.7 Å². The average molecular weight is 595 g/mol. The lowest BCUT2D eigenvalue weighted by Crippen LogP contribution is -2.55. The fraction of sp³-hybridized carbons (Fsp3) is 0.529. The van der Waals surface area contributed by atoms with Crippen molar-refractivity contribution in [1.82, 2.24) is 10.2 Å². The number of amides is 1. The van der Waals surface area contributed by atoms with Crippen LogP contribution in [-0.4, -0.2) is 66.6 Å². The number of ether oxygens (including phenoxy) is 3. The van der Waals surface area contributed by atoms with Crippen molar-refractivity contribution in [3.05, 3.63) is 71.8 Å². The Balaban J connectivity index is 1.77. The predicted molar refractivity (Wildman–Crippen MR) is 163 cm³/mol. The summed E-state index contributed by atoms with van der Waals surface area (Å²) < 4.78 is 17.1. The van der Waals surface area contributed by atoms with E-state index in [2.05, 4.69) is 5.32 Å². The largest absolute Gasteiger partial charge is 0.458 e. The summed E-state index contributed by atoms with van der Waals surface area (Å²) in [6, 6.07) is 17.1. The first-order valence-electron chi connectivity index (χ1n) is 15.2. The number of hydrogen-bond donors (Lipinski definition) is 1. The van der Waals surface area contributed by atoms with Crippen LogP contribution in [0.25, 0.3) is 0 Å². The van der Waals surface area contributed by atoms with Crippen LogP contribution in [0, 0.1) is 11.8 Å². The van der Waals surface area contributed by atoms with Crippen LogP contribution in [0.15, 0.2) is 60.7 Å². The van der Waals surface area contributed by atoms with E-state index < -0.39 is 48.1 Å². The second-order valence-corrected chi connectivity index (χ2v) is 11.9. The summed E-state index contributed by atoms with van der Waals surface area (Å²) in [7, 11) is 1.69. The Bertz CT molecular complexity index is 1190. The maximum absolute atomic E-state index is 13.8. The molecule has 2 aromatic rings. The van der Waals surface area contributed by atoms with Crippen LogP contribution in [0.4, 0.5) is 0 Å². The predicted octanol–water partition coefficient (Wildman–Crippen LogP) is 4.47. The lowest BCUT2D eigenvalue weighted by Gasteiger charge is -2.37. The molecule has 0 spiro atoms. The van der Waals surface area contributed by atoms with Crippen molar-refractivity contribution in [2.45, 2.75) is 90.7 Å². The van der Waals surface area contributed by atoms with Gasteiger partial charge in [0.15, 0.2) is 6.10 Å². The second kappa shape index (κ2) is 16.8. The molecule has 1 aliphatic heterocycles. The van der Waals surface area contributed by atoms with Gasteiger partial charge >= 0.3 is 17.9 Å². The lowest BCUT2D eigenvalue weighted by molar-refractivity contribution is -0.177. The molecule has 4 atom stereocenters. The molecule has 1 heterocycles. The number of benzene rings is 2. The summed E-state index contributed by atoms with van der Waals surface area (Å²) >= 11 is 0. The molecule has 1 amide bonds. The molecule has 1 N–H and O–H groups in total. The van der Waals surface area contributed by atoms with E-state index in [-0.39, 0.29) is 24.9 Å². The minimum Gasteiger partial charge on any atom is -0.458 e. The molecule has 1 aliphatic rings. The monoisotopic (exact) mass is 594 g/mol. The number of likely N-dealkylation sites (tertiary alicyclic amines) is 1. The molecule has 1 saturated heterocycles. The van der Waals surface area contributed by atoms with Gasteiger partial charge in [-0.15, -0.1) is 0 Å². The zero-order valence-corrected chi connectivity index (χ0v) is 26.0. The van der Waals surface area contributed by atoms with Crippen LogP contribution in [0.1, 0.15) is 64.5 Å². The van der Waals surface area contributed by atoms with E-state index in [1.165, 1.54) is 4.90 Å². The molecule has 234 valence electrons. The molecule has 0 bridgehead atoms. The highest BCUT2D eigenvalue weighted by Crippen LogP contribution is 2.24. The van der Waals surface area contributed by atoms with Crippen LogP contribution in [-0.2, 0) is 46.4 Å². The number of rotatable bonds is 15.